The van der Waals surface area contributed by atoms with Crippen LogP contribution >= 0.6 is 22.9 Å². The van der Waals surface area contributed by atoms with Crippen molar-refractivity contribution >= 4 is 28.6 Å². The summed E-state index contributed by atoms with van der Waals surface area (Å²) >= 11 is 8.16. The van der Waals surface area contributed by atoms with Crippen LogP contribution < -0.4 is 4.90 Å². The van der Waals surface area contributed by atoms with Gasteiger partial charge in [0.1, 0.15) is 0 Å². The van der Waals surface area contributed by atoms with Crippen LogP contribution in [0.25, 0.3) is 0 Å². The van der Waals surface area contributed by atoms with Gasteiger partial charge in [-0.25, -0.2) is 0 Å². The number of hydrogen-bond donors (Lipinski definition) is 1. The van der Waals surface area contributed by atoms with Crippen LogP contribution in [-0.4, -0.2) is 11.1 Å². The Morgan fingerprint density at radius 3 is 2.75 bits per heavy atom. The molecule has 0 spiro atoms. The molecule has 3 rings (SSSR count). The monoisotopic (exact) mass is 307 g/mol. The third-order valence-electron chi connectivity index (χ3n) is 3.68. The zero-order chi connectivity index (χ0) is 14.1. The van der Waals surface area contributed by atoms with E-state index in [1.165, 1.54) is 18.4 Å². The quantitative estimate of drug-likeness (QED) is 0.871. The van der Waals surface area contributed by atoms with Gasteiger partial charge in [0.05, 0.1) is 16.8 Å². The molecule has 0 bridgehead atoms. The molecule has 1 aromatic heterocycles. The predicted octanol–water partition coefficient (Wildman–Crippen LogP) is 4.62. The first-order valence-electron chi connectivity index (χ1n) is 6.90. The molecular formula is C16H18ClNOS. The Balaban J connectivity index is 1.87. The van der Waals surface area contributed by atoms with E-state index in [0.29, 0.717) is 6.04 Å². The van der Waals surface area contributed by atoms with E-state index in [4.69, 9.17) is 11.6 Å². The summed E-state index contributed by atoms with van der Waals surface area (Å²) in [4.78, 5) is 2.39. The van der Waals surface area contributed by atoms with E-state index >= 15 is 0 Å². The molecule has 1 N–H and O–H groups in total. The second kappa shape index (κ2) is 5.76. The highest BCUT2D eigenvalue weighted by molar-refractivity contribution is 7.07. The van der Waals surface area contributed by atoms with Gasteiger partial charge < -0.3 is 10.0 Å². The minimum Gasteiger partial charge on any atom is -0.389 e. The lowest BCUT2D eigenvalue weighted by molar-refractivity contribution is 0.199. The summed E-state index contributed by atoms with van der Waals surface area (Å²) in [6.07, 6.45) is 1.99. The largest absolute Gasteiger partial charge is 0.389 e. The summed E-state index contributed by atoms with van der Waals surface area (Å²) in [6.45, 7) is 2.66. The molecule has 2 nitrogen and oxygen atoms in total. The summed E-state index contributed by atoms with van der Waals surface area (Å²) in [5.41, 5.74) is 3.27. The SMILES string of the molecule is C[C@@H](O)c1ccc(N(Cc2ccsc2)C2CC2)c(Cl)c1. The number of hydrogen-bond acceptors (Lipinski definition) is 3. The number of aliphatic hydroxyl groups excluding tert-OH is 1. The third-order valence-corrected chi connectivity index (χ3v) is 4.72. The standard InChI is InChI=1S/C16H18ClNOS/c1-11(19)13-2-5-16(15(17)8-13)18(14-3-4-14)9-12-6-7-20-10-12/h2,5-8,10-11,14,19H,3-4,9H2,1H3/t11-/m1/s1. The van der Waals surface area contributed by atoms with Gasteiger partial charge in [-0.05, 0) is 59.9 Å². The number of thiophene rings is 1. The van der Waals surface area contributed by atoms with E-state index in [1.54, 1.807) is 18.3 Å². The first-order chi connectivity index (χ1) is 9.65. The fraction of sp³-hybridized carbons (Fsp3) is 0.375. The molecule has 0 aliphatic heterocycles. The Labute approximate surface area is 128 Å². The van der Waals surface area contributed by atoms with Crippen molar-refractivity contribution < 1.29 is 5.11 Å². The molecule has 1 aliphatic rings. The van der Waals surface area contributed by atoms with Crippen LogP contribution in [0.3, 0.4) is 0 Å². The van der Waals surface area contributed by atoms with Crippen molar-refractivity contribution in [2.75, 3.05) is 4.90 Å². The minimum absolute atomic E-state index is 0.479. The Morgan fingerprint density at radius 2 is 2.20 bits per heavy atom. The summed E-state index contributed by atoms with van der Waals surface area (Å²) in [7, 11) is 0. The van der Waals surface area contributed by atoms with E-state index in [1.807, 2.05) is 18.2 Å². The van der Waals surface area contributed by atoms with Gasteiger partial charge in [0.15, 0.2) is 0 Å². The molecule has 0 radical (unpaired) electrons. The molecule has 0 amide bonds. The Kier molecular flexibility index (Phi) is 4.01. The Hall–Kier alpha value is -1.03. The highest BCUT2D eigenvalue weighted by Gasteiger charge is 2.30. The van der Waals surface area contributed by atoms with Crippen molar-refractivity contribution in [3.8, 4) is 0 Å². The molecule has 20 heavy (non-hydrogen) atoms. The van der Waals surface area contributed by atoms with Gasteiger partial charge in [-0.1, -0.05) is 17.7 Å². The minimum atomic E-state index is -0.479. The number of nitrogens with zero attached hydrogens (tertiary/aromatic N) is 1. The van der Waals surface area contributed by atoms with E-state index in [0.717, 1.165) is 22.8 Å². The van der Waals surface area contributed by atoms with Crippen molar-refractivity contribution in [1.29, 1.82) is 0 Å². The summed E-state index contributed by atoms with van der Waals surface area (Å²) in [5, 5.41) is 14.7. The lowest BCUT2D eigenvalue weighted by Gasteiger charge is -2.26. The Bertz CT molecular complexity index is 578. The number of benzene rings is 1. The second-order valence-corrected chi connectivity index (χ2v) is 6.56. The lowest BCUT2D eigenvalue weighted by Crippen LogP contribution is -2.25. The van der Waals surface area contributed by atoms with Gasteiger partial charge in [-0.3, -0.25) is 0 Å². The van der Waals surface area contributed by atoms with Crippen molar-refractivity contribution in [2.45, 2.75) is 38.5 Å². The maximum Gasteiger partial charge on any atom is 0.0762 e. The normalized spacial score (nSPS) is 16.1. The number of anilines is 1. The maximum atomic E-state index is 9.64. The van der Waals surface area contributed by atoms with Gasteiger partial charge in [-0.15, -0.1) is 0 Å². The van der Waals surface area contributed by atoms with Crippen LogP contribution in [0.1, 0.15) is 37.0 Å². The van der Waals surface area contributed by atoms with Gasteiger partial charge in [-0.2, -0.15) is 11.3 Å². The van der Waals surface area contributed by atoms with Gasteiger partial charge >= 0.3 is 0 Å². The summed E-state index contributed by atoms with van der Waals surface area (Å²) in [5.74, 6) is 0. The van der Waals surface area contributed by atoms with Crippen LogP contribution in [0, 0.1) is 0 Å². The average Bonchev–Trinajstić information content (AvgIpc) is 3.14. The molecule has 1 aromatic carbocycles. The number of rotatable bonds is 5. The molecule has 1 heterocycles. The first kappa shape index (κ1) is 13.9. The van der Waals surface area contributed by atoms with Crippen molar-refractivity contribution in [3.63, 3.8) is 0 Å². The fourth-order valence-electron chi connectivity index (χ4n) is 2.39. The zero-order valence-electron chi connectivity index (χ0n) is 11.4. The zero-order valence-corrected chi connectivity index (χ0v) is 13.0. The van der Waals surface area contributed by atoms with Crippen LogP contribution in [0.2, 0.25) is 5.02 Å². The Morgan fingerprint density at radius 1 is 1.40 bits per heavy atom. The molecule has 4 heteroatoms. The van der Waals surface area contributed by atoms with Crippen molar-refractivity contribution in [1.82, 2.24) is 0 Å². The maximum absolute atomic E-state index is 9.64. The van der Waals surface area contributed by atoms with E-state index in [9.17, 15) is 5.11 Å². The lowest BCUT2D eigenvalue weighted by atomic mass is 10.1. The topological polar surface area (TPSA) is 23.5 Å². The molecule has 0 saturated heterocycles. The average molecular weight is 308 g/mol. The summed E-state index contributed by atoms with van der Waals surface area (Å²) < 4.78 is 0. The molecule has 2 aromatic rings. The highest BCUT2D eigenvalue weighted by atomic mass is 35.5. The van der Waals surface area contributed by atoms with Crippen molar-refractivity contribution in [3.05, 3.63) is 51.2 Å². The van der Waals surface area contributed by atoms with Gasteiger partial charge in [0, 0.05) is 12.6 Å². The van der Waals surface area contributed by atoms with Crippen LogP contribution in [0.4, 0.5) is 5.69 Å². The van der Waals surface area contributed by atoms with Gasteiger partial charge in [0.2, 0.25) is 0 Å². The summed E-state index contributed by atoms with van der Waals surface area (Å²) in [6, 6.07) is 8.65. The number of aliphatic hydroxyl groups is 1. The third kappa shape index (κ3) is 3.00. The first-order valence-corrected chi connectivity index (χ1v) is 8.22. The van der Waals surface area contributed by atoms with Crippen LogP contribution in [0.5, 0.6) is 0 Å². The highest BCUT2D eigenvalue weighted by Crippen LogP contribution is 2.38. The molecule has 1 aliphatic carbocycles. The number of halogens is 1. The van der Waals surface area contributed by atoms with Crippen LogP contribution in [-0.2, 0) is 6.54 Å². The second-order valence-electron chi connectivity index (χ2n) is 5.38. The smallest absolute Gasteiger partial charge is 0.0762 e. The van der Waals surface area contributed by atoms with Crippen molar-refractivity contribution in [2.24, 2.45) is 0 Å². The fourth-order valence-corrected chi connectivity index (χ4v) is 3.35. The van der Waals surface area contributed by atoms with E-state index < -0.39 is 6.10 Å². The van der Waals surface area contributed by atoms with Gasteiger partial charge in [0.25, 0.3) is 0 Å². The molecule has 0 unspecified atom stereocenters. The molecular weight excluding hydrogens is 290 g/mol. The molecule has 1 atom stereocenters. The molecule has 1 fully saturated rings. The predicted molar refractivity (Wildman–Crippen MR) is 85.6 cm³/mol. The molecule has 1 saturated carbocycles. The van der Waals surface area contributed by atoms with E-state index in [2.05, 4.69) is 21.7 Å². The van der Waals surface area contributed by atoms with Crippen LogP contribution in [0.15, 0.2) is 35.0 Å². The molecule has 106 valence electrons. The van der Waals surface area contributed by atoms with E-state index in [-0.39, 0.29) is 0 Å².